The van der Waals surface area contributed by atoms with Crippen molar-refractivity contribution in [2.75, 3.05) is 4.90 Å². The number of ether oxygens (including phenoxy) is 1. The molecule has 140 valence electrons. The summed E-state index contributed by atoms with van der Waals surface area (Å²) in [4.78, 5) is 29.5. The quantitative estimate of drug-likeness (QED) is 0.689. The molecule has 1 atom stereocenters. The summed E-state index contributed by atoms with van der Waals surface area (Å²) in [6.45, 7) is 0. The van der Waals surface area contributed by atoms with Crippen LogP contribution in [0.4, 0.5) is 14.9 Å². The van der Waals surface area contributed by atoms with Gasteiger partial charge < -0.3 is 10.1 Å². The number of rotatable bonds is 5. The van der Waals surface area contributed by atoms with Crippen LogP contribution < -0.4 is 15.0 Å². The van der Waals surface area contributed by atoms with Crippen LogP contribution in [-0.4, -0.2) is 23.0 Å². The second-order valence-corrected chi connectivity index (χ2v) is 6.30. The molecule has 0 bridgehead atoms. The summed E-state index contributed by atoms with van der Waals surface area (Å²) in [6.07, 6.45) is 2.57. The predicted octanol–water partition coefficient (Wildman–Crippen LogP) is 3.68. The molecule has 0 spiro atoms. The Morgan fingerprint density at radius 2 is 1.79 bits per heavy atom. The topological polar surface area (TPSA) is 71.5 Å². The SMILES string of the molecule is O=C1NC(Cc2cccc(Oc3ccccc3)c2)C(=O)N1c1cncc(F)c1. The first-order valence-corrected chi connectivity index (χ1v) is 8.67. The number of halogens is 1. The molecule has 1 N–H and O–H groups in total. The number of anilines is 1. The number of imide groups is 1. The second-order valence-electron chi connectivity index (χ2n) is 6.30. The van der Waals surface area contributed by atoms with E-state index in [0.717, 1.165) is 22.7 Å². The van der Waals surface area contributed by atoms with Gasteiger partial charge in [0.2, 0.25) is 0 Å². The van der Waals surface area contributed by atoms with Crippen LogP contribution in [0.2, 0.25) is 0 Å². The van der Waals surface area contributed by atoms with Crippen molar-refractivity contribution < 1.29 is 18.7 Å². The maximum atomic E-state index is 13.4. The Labute approximate surface area is 160 Å². The molecule has 1 fully saturated rings. The van der Waals surface area contributed by atoms with Gasteiger partial charge in [-0.05, 0) is 29.8 Å². The molecule has 1 aromatic heterocycles. The van der Waals surface area contributed by atoms with Crippen LogP contribution in [0.5, 0.6) is 11.5 Å². The van der Waals surface area contributed by atoms with Gasteiger partial charge in [-0.25, -0.2) is 14.1 Å². The van der Waals surface area contributed by atoms with Gasteiger partial charge in [0.1, 0.15) is 23.4 Å². The molecule has 1 saturated heterocycles. The minimum Gasteiger partial charge on any atom is -0.457 e. The van der Waals surface area contributed by atoms with Gasteiger partial charge in [-0.3, -0.25) is 9.78 Å². The number of amides is 3. The van der Waals surface area contributed by atoms with E-state index < -0.39 is 23.8 Å². The van der Waals surface area contributed by atoms with Gasteiger partial charge in [0.25, 0.3) is 5.91 Å². The van der Waals surface area contributed by atoms with E-state index in [1.54, 1.807) is 0 Å². The van der Waals surface area contributed by atoms with E-state index in [1.165, 1.54) is 6.20 Å². The van der Waals surface area contributed by atoms with Crippen molar-refractivity contribution in [3.8, 4) is 11.5 Å². The van der Waals surface area contributed by atoms with Crippen molar-refractivity contribution in [3.05, 3.63) is 84.4 Å². The summed E-state index contributed by atoms with van der Waals surface area (Å²) < 4.78 is 19.2. The van der Waals surface area contributed by atoms with Crippen LogP contribution in [0.25, 0.3) is 0 Å². The van der Waals surface area contributed by atoms with E-state index in [9.17, 15) is 14.0 Å². The fraction of sp³-hybridized carbons (Fsp3) is 0.0952. The zero-order chi connectivity index (χ0) is 19.5. The zero-order valence-corrected chi connectivity index (χ0v) is 14.7. The summed E-state index contributed by atoms with van der Waals surface area (Å²) in [5, 5.41) is 2.64. The highest BCUT2D eigenvalue weighted by molar-refractivity contribution is 6.21. The van der Waals surface area contributed by atoms with Gasteiger partial charge >= 0.3 is 6.03 Å². The highest BCUT2D eigenvalue weighted by Gasteiger charge is 2.39. The third kappa shape index (κ3) is 3.68. The number of pyridine rings is 1. The molecule has 0 radical (unpaired) electrons. The van der Waals surface area contributed by atoms with E-state index in [1.807, 2.05) is 54.6 Å². The van der Waals surface area contributed by atoms with Crippen molar-refractivity contribution in [3.63, 3.8) is 0 Å². The number of carbonyl (C=O) groups is 2. The summed E-state index contributed by atoms with van der Waals surface area (Å²) in [5.41, 5.74) is 0.928. The van der Waals surface area contributed by atoms with Gasteiger partial charge in [0.05, 0.1) is 18.1 Å². The number of aromatic nitrogens is 1. The molecule has 6 nitrogen and oxygen atoms in total. The molecule has 0 saturated carbocycles. The third-order valence-corrected chi connectivity index (χ3v) is 4.29. The van der Waals surface area contributed by atoms with E-state index in [-0.39, 0.29) is 12.1 Å². The van der Waals surface area contributed by atoms with Gasteiger partial charge in [-0.15, -0.1) is 0 Å². The molecule has 0 aliphatic carbocycles. The van der Waals surface area contributed by atoms with Crippen LogP contribution >= 0.6 is 0 Å². The maximum Gasteiger partial charge on any atom is 0.329 e. The predicted molar refractivity (Wildman–Crippen MR) is 101 cm³/mol. The van der Waals surface area contributed by atoms with Crippen molar-refractivity contribution >= 4 is 17.6 Å². The third-order valence-electron chi connectivity index (χ3n) is 4.29. The molecule has 4 rings (SSSR count). The Bertz CT molecular complexity index is 1030. The highest BCUT2D eigenvalue weighted by Crippen LogP contribution is 2.24. The van der Waals surface area contributed by atoms with Gasteiger partial charge in [0.15, 0.2) is 0 Å². The number of nitrogens with one attached hydrogen (secondary N) is 1. The summed E-state index contributed by atoms with van der Waals surface area (Å²) in [6, 6.07) is 16.4. The summed E-state index contributed by atoms with van der Waals surface area (Å²) >= 11 is 0. The first-order valence-electron chi connectivity index (χ1n) is 8.67. The van der Waals surface area contributed by atoms with E-state index >= 15 is 0 Å². The Balaban J connectivity index is 1.49. The Morgan fingerprint density at radius 3 is 2.57 bits per heavy atom. The van der Waals surface area contributed by atoms with Crippen LogP contribution in [0, 0.1) is 5.82 Å². The van der Waals surface area contributed by atoms with Crippen molar-refractivity contribution in [2.45, 2.75) is 12.5 Å². The van der Waals surface area contributed by atoms with Crippen LogP contribution in [-0.2, 0) is 11.2 Å². The number of hydrogen-bond donors (Lipinski definition) is 1. The van der Waals surface area contributed by atoms with Crippen LogP contribution in [0.15, 0.2) is 73.1 Å². The normalized spacial score (nSPS) is 16.2. The molecule has 2 aromatic carbocycles. The van der Waals surface area contributed by atoms with Crippen LogP contribution in [0.1, 0.15) is 5.56 Å². The highest BCUT2D eigenvalue weighted by atomic mass is 19.1. The number of para-hydroxylation sites is 1. The molecular formula is C21H16FN3O3. The summed E-state index contributed by atoms with van der Waals surface area (Å²) in [7, 11) is 0. The lowest BCUT2D eigenvalue weighted by molar-refractivity contribution is -0.118. The van der Waals surface area contributed by atoms with Crippen molar-refractivity contribution in [1.82, 2.24) is 10.3 Å². The number of hydrogen-bond acceptors (Lipinski definition) is 4. The smallest absolute Gasteiger partial charge is 0.329 e. The number of carbonyl (C=O) groups excluding carboxylic acids is 2. The molecule has 1 aliphatic heterocycles. The molecule has 1 unspecified atom stereocenters. The molecule has 3 amide bonds. The van der Waals surface area contributed by atoms with Gasteiger partial charge in [-0.1, -0.05) is 30.3 Å². The molecule has 1 aliphatic rings. The number of benzene rings is 2. The van der Waals surface area contributed by atoms with E-state index in [0.29, 0.717) is 11.5 Å². The first kappa shape index (κ1) is 17.7. The monoisotopic (exact) mass is 377 g/mol. The van der Waals surface area contributed by atoms with Crippen LogP contribution in [0.3, 0.4) is 0 Å². The zero-order valence-electron chi connectivity index (χ0n) is 14.7. The standard InChI is InChI=1S/C21H16FN3O3/c22-15-11-16(13-23-12-15)25-20(26)19(24-21(25)27)10-14-5-4-8-18(9-14)28-17-6-2-1-3-7-17/h1-9,11-13,19H,10H2,(H,24,27). The maximum absolute atomic E-state index is 13.4. The Hall–Kier alpha value is -3.74. The molecule has 2 heterocycles. The first-order chi connectivity index (χ1) is 13.6. The summed E-state index contributed by atoms with van der Waals surface area (Å²) in [5.74, 6) is 0.264. The number of urea groups is 1. The molecular weight excluding hydrogens is 361 g/mol. The van der Waals surface area contributed by atoms with Crippen molar-refractivity contribution in [1.29, 1.82) is 0 Å². The fourth-order valence-electron chi connectivity index (χ4n) is 3.03. The average molecular weight is 377 g/mol. The number of nitrogens with zero attached hydrogens (tertiary/aromatic N) is 2. The van der Waals surface area contributed by atoms with Gasteiger partial charge in [0, 0.05) is 12.5 Å². The average Bonchev–Trinajstić information content (AvgIpc) is 2.96. The van der Waals surface area contributed by atoms with Gasteiger partial charge in [-0.2, -0.15) is 0 Å². The second kappa shape index (κ2) is 7.48. The minimum atomic E-state index is -0.747. The van der Waals surface area contributed by atoms with E-state index in [2.05, 4.69) is 10.3 Å². The van der Waals surface area contributed by atoms with Crippen molar-refractivity contribution in [2.24, 2.45) is 0 Å². The lowest BCUT2D eigenvalue weighted by atomic mass is 10.1. The largest absolute Gasteiger partial charge is 0.457 e. The fourth-order valence-corrected chi connectivity index (χ4v) is 3.03. The Morgan fingerprint density at radius 1 is 1.00 bits per heavy atom. The minimum absolute atomic E-state index is 0.103. The van der Waals surface area contributed by atoms with E-state index in [4.69, 9.17) is 4.74 Å². The molecule has 7 heteroatoms. The molecule has 3 aromatic rings. The lowest BCUT2D eigenvalue weighted by Crippen LogP contribution is -2.32. The molecule has 28 heavy (non-hydrogen) atoms. The Kier molecular flexibility index (Phi) is 4.72. The lowest BCUT2D eigenvalue weighted by Gasteiger charge is -2.13.